The Labute approximate surface area is 173 Å². The van der Waals surface area contributed by atoms with Gasteiger partial charge in [0, 0.05) is 38.6 Å². The number of nitrogens with one attached hydrogen (secondary N) is 1. The first-order valence-corrected chi connectivity index (χ1v) is 10.9. The van der Waals surface area contributed by atoms with Crippen LogP contribution in [0, 0.1) is 12.8 Å². The van der Waals surface area contributed by atoms with Crippen molar-refractivity contribution >= 4 is 5.91 Å². The number of carbonyl (C=O) groups is 1. The largest absolute Gasteiger partial charge is 0.376 e. The van der Waals surface area contributed by atoms with Gasteiger partial charge in [0.25, 0.3) is 5.91 Å². The number of benzene rings is 1. The Morgan fingerprint density at radius 1 is 1.24 bits per heavy atom. The number of hydrogen-bond acceptors (Lipinski definition) is 4. The maximum Gasteiger partial charge on any atom is 0.289 e. The topological polar surface area (TPSA) is 61.5 Å². The first-order valence-electron chi connectivity index (χ1n) is 10.9. The van der Waals surface area contributed by atoms with Gasteiger partial charge in [-0.3, -0.25) is 9.69 Å². The second-order valence-corrected chi connectivity index (χ2v) is 8.43. The molecule has 2 saturated heterocycles. The van der Waals surface area contributed by atoms with Crippen LogP contribution in [0.5, 0.6) is 0 Å². The summed E-state index contributed by atoms with van der Waals surface area (Å²) in [6, 6.07) is 8.64. The highest BCUT2D eigenvalue weighted by atomic mass is 16.5. The van der Waals surface area contributed by atoms with Gasteiger partial charge in [0.2, 0.25) is 0 Å². The molecule has 6 heteroatoms. The summed E-state index contributed by atoms with van der Waals surface area (Å²) in [5.74, 6) is 0.955. The van der Waals surface area contributed by atoms with Gasteiger partial charge < -0.3 is 14.6 Å². The van der Waals surface area contributed by atoms with Gasteiger partial charge in [0.1, 0.15) is 0 Å². The zero-order valence-electron chi connectivity index (χ0n) is 17.3. The number of ether oxygens (including phenoxy) is 1. The molecule has 0 bridgehead atoms. The second-order valence-electron chi connectivity index (χ2n) is 8.43. The molecule has 1 aromatic heterocycles. The summed E-state index contributed by atoms with van der Waals surface area (Å²) < 4.78 is 5.80. The van der Waals surface area contributed by atoms with Gasteiger partial charge in [-0.15, -0.1) is 0 Å². The molecule has 2 aliphatic heterocycles. The van der Waals surface area contributed by atoms with Gasteiger partial charge >= 0.3 is 0 Å². The lowest BCUT2D eigenvalue weighted by Crippen LogP contribution is -2.43. The van der Waals surface area contributed by atoms with Crippen LogP contribution in [0.3, 0.4) is 0 Å². The van der Waals surface area contributed by atoms with Crippen molar-refractivity contribution in [2.45, 2.75) is 45.3 Å². The van der Waals surface area contributed by atoms with Crippen molar-refractivity contribution in [3.63, 3.8) is 0 Å². The molecule has 2 aliphatic rings. The smallest absolute Gasteiger partial charge is 0.289 e. The Morgan fingerprint density at radius 3 is 2.76 bits per heavy atom. The molecular weight excluding hydrogens is 364 g/mol. The van der Waals surface area contributed by atoms with E-state index in [1.54, 1.807) is 12.4 Å². The van der Waals surface area contributed by atoms with E-state index >= 15 is 0 Å². The summed E-state index contributed by atoms with van der Waals surface area (Å²) >= 11 is 0. The molecule has 3 heterocycles. The molecule has 1 aromatic carbocycles. The molecular formula is C23H32N4O2. The lowest BCUT2D eigenvalue weighted by atomic mass is 9.95. The Morgan fingerprint density at radius 2 is 2.07 bits per heavy atom. The van der Waals surface area contributed by atoms with Crippen LogP contribution in [0.2, 0.25) is 0 Å². The zero-order chi connectivity index (χ0) is 20.1. The minimum atomic E-state index is -0.00663. The third-order valence-corrected chi connectivity index (χ3v) is 6.28. The number of H-pyrrole nitrogens is 1. The zero-order valence-corrected chi connectivity index (χ0v) is 17.3. The lowest BCUT2D eigenvalue weighted by Gasteiger charge is -2.35. The maximum atomic E-state index is 13.0. The number of aromatic nitrogens is 2. The average Bonchev–Trinajstić information content (AvgIpc) is 3.44. The van der Waals surface area contributed by atoms with Crippen molar-refractivity contribution < 1.29 is 9.53 Å². The summed E-state index contributed by atoms with van der Waals surface area (Å²) in [6.45, 7) is 7.64. The molecule has 1 atom stereocenters. The van der Waals surface area contributed by atoms with E-state index in [1.807, 2.05) is 4.90 Å². The summed E-state index contributed by atoms with van der Waals surface area (Å²) in [5.41, 5.74) is 2.78. The van der Waals surface area contributed by atoms with Gasteiger partial charge in [-0.2, -0.15) is 0 Å². The van der Waals surface area contributed by atoms with Crippen LogP contribution in [0.4, 0.5) is 0 Å². The third-order valence-electron chi connectivity index (χ3n) is 6.28. The second kappa shape index (κ2) is 9.55. The van der Waals surface area contributed by atoms with Crippen molar-refractivity contribution in [1.29, 1.82) is 0 Å². The van der Waals surface area contributed by atoms with E-state index in [2.05, 4.69) is 46.1 Å². The normalized spacial score (nSPS) is 20.8. The first kappa shape index (κ1) is 20.1. The molecule has 156 valence electrons. The number of likely N-dealkylation sites (tertiary alicyclic amines) is 1. The molecule has 2 fully saturated rings. The van der Waals surface area contributed by atoms with Gasteiger partial charge in [0.15, 0.2) is 5.82 Å². The van der Waals surface area contributed by atoms with Crippen LogP contribution in [-0.2, 0) is 11.3 Å². The fourth-order valence-corrected chi connectivity index (χ4v) is 4.47. The molecule has 2 aromatic rings. The van der Waals surface area contributed by atoms with E-state index in [0.717, 1.165) is 58.5 Å². The van der Waals surface area contributed by atoms with E-state index in [9.17, 15) is 4.79 Å². The van der Waals surface area contributed by atoms with Crippen LogP contribution >= 0.6 is 0 Å². The summed E-state index contributed by atoms with van der Waals surface area (Å²) in [4.78, 5) is 24.6. The Hall–Kier alpha value is -2.18. The average molecular weight is 397 g/mol. The van der Waals surface area contributed by atoms with Crippen LogP contribution in [0.15, 0.2) is 36.7 Å². The minimum Gasteiger partial charge on any atom is -0.376 e. The fourth-order valence-electron chi connectivity index (χ4n) is 4.47. The van der Waals surface area contributed by atoms with Crippen molar-refractivity contribution in [3.05, 3.63) is 53.6 Å². The number of imidazole rings is 1. The van der Waals surface area contributed by atoms with E-state index in [0.29, 0.717) is 18.3 Å². The van der Waals surface area contributed by atoms with Crippen molar-refractivity contribution in [2.75, 3.05) is 32.8 Å². The summed E-state index contributed by atoms with van der Waals surface area (Å²) in [5, 5.41) is 0. The number of aromatic amines is 1. The molecule has 4 rings (SSSR count). The van der Waals surface area contributed by atoms with Crippen molar-refractivity contribution in [3.8, 4) is 0 Å². The summed E-state index contributed by atoms with van der Waals surface area (Å²) in [7, 11) is 0. The molecule has 0 spiro atoms. The molecule has 0 aliphatic carbocycles. The Balaban J connectivity index is 1.33. The van der Waals surface area contributed by atoms with E-state index < -0.39 is 0 Å². The highest BCUT2D eigenvalue weighted by Gasteiger charge is 2.28. The number of hydrogen-bond donors (Lipinski definition) is 1. The van der Waals surface area contributed by atoms with Crippen LogP contribution in [0.25, 0.3) is 0 Å². The van der Waals surface area contributed by atoms with Gasteiger partial charge in [-0.05, 0) is 62.7 Å². The van der Waals surface area contributed by atoms with Crippen molar-refractivity contribution in [2.24, 2.45) is 5.92 Å². The minimum absolute atomic E-state index is 0.00663. The highest BCUT2D eigenvalue weighted by Crippen LogP contribution is 2.23. The molecule has 0 unspecified atom stereocenters. The van der Waals surface area contributed by atoms with Crippen LogP contribution in [0.1, 0.15) is 47.4 Å². The van der Waals surface area contributed by atoms with Gasteiger partial charge in [0.05, 0.1) is 6.10 Å². The predicted molar refractivity (Wildman–Crippen MR) is 113 cm³/mol. The molecule has 1 amide bonds. The molecule has 0 saturated carbocycles. The molecule has 1 N–H and O–H groups in total. The van der Waals surface area contributed by atoms with E-state index in [-0.39, 0.29) is 12.0 Å². The van der Waals surface area contributed by atoms with Crippen LogP contribution < -0.4 is 0 Å². The quantitative estimate of drug-likeness (QED) is 0.780. The number of piperidine rings is 1. The van der Waals surface area contributed by atoms with E-state index in [4.69, 9.17) is 4.74 Å². The fraction of sp³-hybridized carbons (Fsp3) is 0.565. The maximum absolute atomic E-state index is 13.0. The number of aryl methyl sites for hydroxylation is 1. The Kier molecular flexibility index (Phi) is 6.62. The highest BCUT2D eigenvalue weighted by molar-refractivity contribution is 5.90. The van der Waals surface area contributed by atoms with Crippen LogP contribution in [-0.4, -0.2) is 64.6 Å². The first-order chi connectivity index (χ1) is 14.2. The standard InChI is InChI=1S/C23H32N4O2/c1-18-5-2-3-6-20(18)16-26-12-8-19(9-13-26)15-27(17-21-7-4-14-29-21)23(28)22-24-10-11-25-22/h2-3,5-6,10-11,19,21H,4,7-9,12-17H2,1H3,(H,24,25)/t21-/m0/s1. The Bertz CT molecular complexity index is 778. The monoisotopic (exact) mass is 396 g/mol. The number of rotatable bonds is 7. The summed E-state index contributed by atoms with van der Waals surface area (Å²) in [6.07, 6.45) is 7.89. The third kappa shape index (κ3) is 5.25. The SMILES string of the molecule is Cc1ccccc1CN1CCC(CN(C[C@@H]2CCCO2)C(=O)c2ncc[nH]2)CC1. The molecule has 6 nitrogen and oxygen atoms in total. The number of nitrogens with zero attached hydrogens (tertiary/aromatic N) is 3. The van der Waals surface area contributed by atoms with E-state index in [1.165, 1.54) is 11.1 Å². The molecule has 29 heavy (non-hydrogen) atoms. The lowest BCUT2D eigenvalue weighted by molar-refractivity contribution is 0.0436. The predicted octanol–water partition coefficient (Wildman–Crippen LogP) is 3.25. The number of amides is 1. The number of carbonyl (C=O) groups excluding carboxylic acids is 1. The van der Waals surface area contributed by atoms with Crippen molar-refractivity contribution in [1.82, 2.24) is 19.8 Å². The van der Waals surface area contributed by atoms with Gasteiger partial charge in [-0.1, -0.05) is 24.3 Å². The van der Waals surface area contributed by atoms with Gasteiger partial charge in [-0.25, -0.2) is 4.98 Å². The molecule has 0 radical (unpaired) electrons.